The number of halogens is 2. The van der Waals surface area contributed by atoms with Crippen LogP contribution < -0.4 is 10.1 Å². The fourth-order valence-electron chi connectivity index (χ4n) is 1.69. The van der Waals surface area contributed by atoms with Crippen LogP contribution in [0.5, 0.6) is 5.75 Å². The number of methoxy groups -OCH3 is 1. The minimum absolute atomic E-state index is 0.103. The minimum Gasteiger partial charge on any atom is -0.494 e. The highest BCUT2D eigenvalue weighted by molar-refractivity contribution is 6.36. The second-order valence-electron chi connectivity index (χ2n) is 4.13. The van der Waals surface area contributed by atoms with Crippen molar-refractivity contribution in [1.29, 1.82) is 0 Å². The molecular formula is C12H13Cl2N5O2. The van der Waals surface area contributed by atoms with E-state index in [-0.39, 0.29) is 22.3 Å². The van der Waals surface area contributed by atoms with E-state index in [0.29, 0.717) is 11.6 Å². The van der Waals surface area contributed by atoms with Crippen molar-refractivity contribution in [3.63, 3.8) is 0 Å². The number of hydrogen-bond acceptors (Lipinski definition) is 5. The quantitative estimate of drug-likeness (QED) is 0.911. The van der Waals surface area contributed by atoms with E-state index in [2.05, 4.69) is 20.7 Å². The van der Waals surface area contributed by atoms with Crippen molar-refractivity contribution in [1.82, 2.24) is 20.2 Å². The molecule has 2 aromatic rings. The van der Waals surface area contributed by atoms with Crippen molar-refractivity contribution in [2.75, 3.05) is 12.4 Å². The number of nitrogens with one attached hydrogen (secondary N) is 1. The van der Waals surface area contributed by atoms with E-state index in [9.17, 15) is 4.79 Å². The van der Waals surface area contributed by atoms with E-state index in [1.165, 1.54) is 24.0 Å². The Morgan fingerprint density at radius 3 is 2.86 bits per heavy atom. The highest BCUT2D eigenvalue weighted by Gasteiger charge is 2.18. The Labute approximate surface area is 131 Å². The molecule has 1 aromatic carbocycles. The molecule has 21 heavy (non-hydrogen) atoms. The smallest absolute Gasteiger partial charge is 0.270 e. The van der Waals surface area contributed by atoms with Crippen molar-refractivity contribution < 1.29 is 9.53 Å². The third-order valence-corrected chi connectivity index (χ3v) is 3.06. The Kier molecular flexibility index (Phi) is 4.98. The Balaban J connectivity index is 2.23. The molecule has 0 radical (unpaired) electrons. The molecule has 7 nitrogen and oxygen atoms in total. The van der Waals surface area contributed by atoms with Crippen LogP contribution in [0, 0.1) is 0 Å². The Morgan fingerprint density at radius 1 is 1.43 bits per heavy atom. The first-order valence-corrected chi connectivity index (χ1v) is 6.93. The van der Waals surface area contributed by atoms with Crippen LogP contribution in [0.2, 0.25) is 10.0 Å². The van der Waals surface area contributed by atoms with E-state index in [0.717, 1.165) is 6.42 Å². The average Bonchev–Trinajstić information content (AvgIpc) is 2.85. The molecule has 0 aliphatic carbocycles. The summed E-state index contributed by atoms with van der Waals surface area (Å²) < 4.78 is 5.12. The lowest BCUT2D eigenvalue weighted by molar-refractivity contribution is 0.102. The monoisotopic (exact) mass is 329 g/mol. The summed E-state index contributed by atoms with van der Waals surface area (Å²) in [6, 6.07) is 2.95. The van der Waals surface area contributed by atoms with Crippen LogP contribution in [0.25, 0.3) is 0 Å². The topological polar surface area (TPSA) is 81.9 Å². The zero-order chi connectivity index (χ0) is 15.4. The molecule has 0 spiro atoms. The summed E-state index contributed by atoms with van der Waals surface area (Å²) in [6.45, 7) is 2.61. The van der Waals surface area contributed by atoms with Gasteiger partial charge in [0.2, 0.25) is 0 Å². The molecule has 0 aliphatic heterocycles. The highest BCUT2D eigenvalue weighted by Crippen LogP contribution is 2.32. The molecule has 1 amide bonds. The van der Waals surface area contributed by atoms with Crippen molar-refractivity contribution in [3.05, 3.63) is 27.7 Å². The number of ether oxygens (including phenoxy) is 1. The van der Waals surface area contributed by atoms with Crippen LogP contribution >= 0.6 is 23.2 Å². The summed E-state index contributed by atoms with van der Waals surface area (Å²) in [7, 11) is 1.42. The molecule has 2 rings (SSSR count). The van der Waals surface area contributed by atoms with Crippen LogP contribution in [0.3, 0.4) is 0 Å². The molecular weight excluding hydrogens is 317 g/mol. The Bertz CT molecular complexity index is 659. The van der Waals surface area contributed by atoms with Gasteiger partial charge in [-0.05, 0) is 23.8 Å². The van der Waals surface area contributed by atoms with Gasteiger partial charge in [-0.2, -0.15) is 4.80 Å². The molecule has 112 valence electrons. The lowest BCUT2D eigenvalue weighted by Gasteiger charge is -2.09. The summed E-state index contributed by atoms with van der Waals surface area (Å²) in [5, 5.41) is 14.7. The van der Waals surface area contributed by atoms with E-state index < -0.39 is 5.91 Å². The number of rotatable bonds is 5. The van der Waals surface area contributed by atoms with Gasteiger partial charge in [0.25, 0.3) is 11.9 Å². The molecule has 1 heterocycles. The number of aryl methyl sites for hydroxylation is 1. The van der Waals surface area contributed by atoms with Crippen LogP contribution in [0.1, 0.15) is 23.7 Å². The molecule has 9 heteroatoms. The van der Waals surface area contributed by atoms with Crippen molar-refractivity contribution in [3.8, 4) is 5.75 Å². The normalized spacial score (nSPS) is 10.5. The fraction of sp³-hybridized carbons (Fsp3) is 0.333. The number of hydrogen-bond donors (Lipinski definition) is 1. The Hall–Kier alpha value is -1.86. The maximum Gasteiger partial charge on any atom is 0.270 e. The van der Waals surface area contributed by atoms with Crippen LogP contribution in [0.15, 0.2) is 12.1 Å². The maximum atomic E-state index is 12.2. The number of tetrazole rings is 1. The predicted molar refractivity (Wildman–Crippen MR) is 79.1 cm³/mol. The summed E-state index contributed by atoms with van der Waals surface area (Å²) in [6.07, 6.45) is 0.863. The summed E-state index contributed by atoms with van der Waals surface area (Å²) in [5.74, 6) is -0.140. The molecule has 0 fully saturated rings. The van der Waals surface area contributed by atoms with Crippen molar-refractivity contribution in [2.24, 2.45) is 0 Å². The third-order valence-electron chi connectivity index (χ3n) is 2.56. The first-order valence-electron chi connectivity index (χ1n) is 6.17. The number of carbonyl (C=O) groups excluding carboxylic acids is 1. The Morgan fingerprint density at radius 2 is 2.19 bits per heavy atom. The average molecular weight is 330 g/mol. The molecule has 0 atom stereocenters. The molecule has 0 bridgehead atoms. The summed E-state index contributed by atoms with van der Waals surface area (Å²) in [5.41, 5.74) is 0.196. The van der Waals surface area contributed by atoms with Crippen LogP contribution in [-0.2, 0) is 6.54 Å². The molecule has 1 N–H and O–H groups in total. The van der Waals surface area contributed by atoms with E-state index >= 15 is 0 Å². The van der Waals surface area contributed by atoms with Gasteiger partial charge >= 0.3 is 0 Å². The summed E-state index contributed by atoms with van der Waals surface area (Å²) >= 11 is 11.9. The second-order valence-corrected chi connectivity index (χ2v) is 4.98. The number of amides is 1. The van der Waals surface area contributed by atoms with Gasteiger partial charge in [0.1, 0.15) is 5.75 Å². The zero-order valence-corrected chi connectivity index (χ0v) is 12.9. The largest absolute Gasteiger partial charge is 0.494 e. The minimum atomic E-state index is -0.479. The molecule has 1 aromatic heterocycles. The highest BCUT2D eigenvalue weighted by atomic mass is 35.5. The van der Waals surface area contributed by atoms with Gasteiger partial charge in [-0.3, -0.25) is 10.1 Å². The zero-order valence-electron chi connectivity index (χ0n) is 11.4. The second kappa shape index (κ2) is 6.73. The number of carbonyl (C=O) groups is 1. The number of benzene rings is 1. The number of nitrogens with zero attached hydrogens (tertiary/aromatic N) is 4. The standard InChI is InChI=1S/C12H13Cl2N5O2/c1-3-4-19-17-12(16-18-19)15-11(20)8-5-7(13)6-9(14)10(8)21-2/h5-6H,3-4H2,1-2H3,(H,15,17,20). The van der Waals surface area contributed by atoms with Gasteiger partial charge in [0.05, 0.1) is 24.2 Å². The van der Waals surface area contributed by atoms with Gasteiger partial charge in [0.15, 0.2) is 0 Å². The third kappa shape index (κ3) is 3.62. The van der Waals surface area contributed by atoms with Crippen molar-refractivity contribution >= 4 is 35.1 Å². The van der Waals surface area contributed by atoms with Gasteiger partial charge in [-0.1, -0.05) is 35.2 Å². The lowest BCUT2D eigenvalue weighted by Crippen LogP contribution is -2.15. The fourth-order valence-corrected chi connectivity index (χ4v) is 2.26. The van der Waals surface area contributed by atoms with Gasteiger partial charge in [-0.25, -0.2) is 0 Å². The SMILES string of the molecule is CCCn1nnc(NC(=O)c2cc(Cl)cc(Cl)c2OC)n1. The number of aromatic nitrogens is 4. The van der Waals surface area contributed by atoms with E-state index in [1.807, 2.05) is 6.92 Å². The molecule has 0 unspecified atom stereocenters. The van der Waals surface area contributed by atoms with Crippen molar-refractivity contribution in [2.45, 2.75) is 19.9 Å². The maximum absolute atomic E-state index is 12.2. The molecule has 0 saturated heterocycles. The lowest BCUT2D eigenvalue weighted by atomic mass is 10.2. The summed E-state index contributed by atoms with van der Waals surface area (Å²) in [4.78, 5) is 13.6. The van der Waals surface area contributed by atoms with Gasteiger partial charge < -0.3 is 4.74 Å². The van der Waals surface area contributed by atoms with Crippen LogP contribution in [0.4, 0.5) is 5.95 Å². The molecule has 0 aliphatic rings. The molecule has 0 saturated carbocycles. The van der Waals surface area contributed by atoms with Crippen LogP contribution in [-0.4, -0.2) is 33.2 Å². The van der Waals surface area contributed by atoms with Gasteiger partial charge in [0, 0.05) is 5.02 Å². The number of anilines is 1. The first kappa shape index (κ1) is 15.5. The van der Waals surface area contributed by atoms with E-state index in [4.69, 9.17) is 27.9 Å². The van der Waals surface area contributed by atoms with Gasteiger partial charge in [-0.15, -0.1) is 5.10 Å². The van der Waals surface area contributed by atoms with E-state index in [1.54, 1.807) is 0 Å². The first-order chi connectivity index (χ1) is 10.0. The predicted octanol–water partition coefficient (Wildman–Crippen LogP) is 2.65.